The first-order chi connectivity index (χ1) is 13.7. The average Bonchev–Trinajstić information content (AvgIpc) is 3.31. The fourth-order valence-corrected chi connectivity index (χ4v) is 4.58. The standard InChI is InChI=1S/C23H23FN4/c1-15-12-20-13-18(8-11-28(20)14-15)23-21(16-6-9-25-10-7-16)22(26-27-23)17-2-4-19(24)5-3-17/h2-7,9-10,13,15,20H,8,11-12,14H2,1H3,(H,26,27). The molecule has 142 valence electrons. The number of aromatic nitrogens is 3. The molecule has 3 aromatic rings. The SMILES string of the molecule is CC1CC2C=C(c3[nH]nc(-c4ccc(F)cc4)c3-c3ccncc3)CCN2C1. The molecule has 0 bridgehead atoms. The molecule has 5 rings (SSSR count). The van der Waals surface area contributed by atoms with E-state index in [2.05, 4.69) is 33.1 Å². The lowest BCUT2D eigenvalue weighted by Gasteiger charge is -2.28. The number of H-pyrrole nitrogens is 1. The molecule has 1 fully saturated rings. The monoisotopic (exact) mass is 374 g/mol. The van der Waals surface area contributed by atoms with Crippen LogP contribution in [0.3, 0.4) is 0 Å². The van der Waals surface area contributed by atoms with Crippen LogP contribution in [0.4, 0.5) is 4.39 Å². The second kappa shape index (κ2) is 6.99. The van der Waals surface area contributed by atoms with Crippen LogP contribution in [-0.4, -0.2) is 39.2 Å². The average molecular weight is 374 g/mol. The summed E-state index contributed by atoms with van der Waals surface area (Å²) in [6.07, 6.45) is 8.24. The van der Waals surface area contributed by atoms with Gasteiger partial charge < -0.3 is 0 Å². The van der Waals surface area contributed by atoms with E-state index in [1.54, 1.807) is 24.5 Å². The maximum Gasteiger partial charge on any atom is 0.123 e. The molecule has 2 aliphatic rings. The van der Waals surface area contributed by atoms with Crippen molar-refractivity contribution >= 4 is 5.57 Å². The third-order valence-electron chi connectivity index (χ3n) is 5.90. The van der Waals surface area contributed by atoms with Crippen LogP contribution in [0.5, 0.6) is 0 Å². The van der Waals surface area contributed by atoms with E-state index in [-0.39, 0.29) is 5.82 Å². The quantitative estimate of drug-likeness (QED) is 0.718. The number of nitrogens with zero attached hydrogens (tertiary/aromatic N) is 3. The first kappa shape index (κ1) is 17.3. The molecule has 28 heavy (non-hydrogen) atoms. The Morgan fingerprint density at radius 2 is 1.86 bits per heavy atom. The highest BCUT2D eigenvalue weighted by atomic mass is 19.1. The first-order valence-electron chi connectivity index (χ1n) is 9.89. The van der Waals surface area contributed by atoms with Crippen molar-refractivity contribution in [2.75, 3.05) is 13.1 Å². The number of hydrogen-bond acceptors (Lipinski definition) is 3. The van der Waals surface area contributed by atoms with Gasteiger partial charge in [-0.2, -0.15) is 5.10 Å². The van der Waals surface area contributed by atoms with Crippen molar-refractivity contribution in [3.05, 3.63) is 66.4 Å². The van der Waals surface area contributed by atoms with Crippen molar-refractivity contribution in [3.8, 4) is 22.4 Å². The third kappa shape index (κ3) is 3.06. The van der Waals surface area contributed by atoms with Crippen LogP contribution in [0.2, 0.25) is 0 Å². The number of rotatable bonds is 3. The lowest BCUT2D eigenvalue weighted by molar-refractivity contribution is 0.283. The number of pyridine rings is 1. The number of aromatic amines is 1. The predicted molar refractivity (Wildman–Crippen MR) is 109 cm³/mol. The number of benzene rings is 1. The van der Waals surface area contributed by atoms with E-state index < -0.39 is 0 Å². The van der Waals surface area contributed by atoms with E-state index in [0.717, 1.165) is 47.0 Å². The highest BCUT2D eigenvalue weighted by Crippen LogP contribution is 2.40. The number of hydrogen-bond donors (Lipinski definition) is 1. The van der Waals surface area contributed by atoms with Crippen LogP contribution >= 0.6 is 0 Å². The maximum absolute atomic E-state index is 13.4. The van der Waals surface area contributed by atoms with Gasteiger partial charge in [0.15, 0.2) is 0 Å². The molecule has 4 nitrogen and oxygen atoms in total. The van der Waals surface area contributed by atoms with Crippen molar-refractivity contribution in [1.82, 2.24) is 20.1 Å². The summed E-state index contributed by atoms with van der Waals surface area (Å²) in [7, 11) is 0. The molecule has 2 aliphatic heterocycles. The van der Waals surface area contributed by atoms with Gasteiger partial charge in [0.25, 0.3) is 0 Å². The smallest absolute Gasteiger partial charge is 0.123 e. The molecule has 0 saturated carbocycles. The predicted octanol–water partition coefficient (Wildman–Crippen LogP) is 4.78. The van der Waals surface area contributed by atoms with Crippen LogP contribution in [0.25, 0.3) is 28.0 Å². The van der Waals surface area contributed by atoms with Gasteiger partial charge in [-0.1, -0.05) is 13.0 Å². The Kier molecular flexibility index (Phi) is 4.32. The van der Waals surface area contributed by atoms with Crippen molar-refractivity contribution < 1.29 is 4.39 Å². The van der Waals surface area contributed by atoms with Crippen LogP contribution < -0.4 is 0 Å². The van der Waals surface area contributed by atoms with Gasteiger partial charge in [0, 0.05) is 42.7 Å². The zero-order valence-electron chi connectivity index (χ0n) is 15.9. The summed E-state index contributed by atoms with van der Waals surface area (Å²) in [5.41, 5.74) is 6.29. The second-order valence-electron chi connectivity index (χ2n) is 7.91. The highest BCUT2D eigenvalue weighted by molar-refractivity contribution is 5.89. The molecule has 4 heterocycles. The van der Waals surface area contributed by atoms with Gasteiger partial charge in [-0.25, -0.2) is 4.39 Å². The van der Waals surface area contributed by atoms with Crippen LogP contribution in [0, 0.1) is 11.7 Å². The molecule has 0 spiro atoms. The molecular weight excluding hydrogens is 351 g/mol. The normalized spacial score (nSPS) is 22.1. The minimum Gasteiger partial charge on any atom is -0.296 e. The van der Waals surface area contributed by atoms with Crippen LogP contribution in [0.15, 0.2) is 54.9 Å². The van der Waals surface area contributed by atoms with Gasteiger partial charge in [-0.15, -0.1) is 0 Å². The largest absolute Gasteiger partial charge is 0.296 e. The Hall–Kier alpha value is -2.79. The molecule has 5 heteroatoms. The lowest BCUT2D eigenvalue weighted by Crippen LogP contribution is -2.32. The second-order valence-corrected chi connectivity index (χ2v) is 7.91. The highest BCUT2D eigenvalue weighted by Gasteiger charge is 2.32. The van der Waals surface area contributed by atoms with Crippen molar-refractivity contribution in [1.29, 1.82) is 0 Å². The summed E-state index contributed by atoms with van der Waals surface area (Å²) < 4.78 is 13.4. The number of nitrogens with one attached hydrogen (secondary N) is 1. The minimum atomic E-state index is -0.240. The Labute approximate surface area is 164 Å². The van der Waals surface area contributed by atoms with Crippen molar-refractivity contribution in [2.24, 2.45) is 5.92 Å². The zero-order valence-corrected chi connectivity index (χ0v) is 15.9. The lowest BCUT2D eigenvalue weighted by atomic mass is 9.92. The Balaban J connectivity index is 1.63. The van der Waals surface area contributed by atoms with E-state index in [0.29, 0.717) is 6.04 Å². The molecule has 1 N–H and O–H groups in total. The van der Waals surface area contributed by atoms with Crippen molar-refractivity contribution in [3.63, 3.8) is 0 Å². The fraction of sp³-hybridized carbons (Fsp3) is 0.304. The Morgan fingerprint density at radius 1 is 1.07 bits per heavy atom. The van der Waals surface area contributed by atoms with E-state index in [9.17, 15) is 4.39 Å². The summed E-state index contributed by atoms with van der Waals surface area (Å²) >= 11 is 0. The first-order valence-corrected chi connectivity index (χ1v) is 9.89. The molecule has 2 atom stereocenters. The van der Waals surface area contributed by atoms with E-state index >= 15 is 0 Å². The molecule has 0 aliphatic carbocycles. The van der Waals surface area contributed by atoms with Crippen molar-refractivity contribution in [2.45, 2.75) is 25.8 Å². The van der Waals surface area contributed by atoms with Crippen LogP contribution in [-0.2, 0) is 0 Å². The summed E-state index contributed by atoms with van der Waals surface area (Å²) in [6.45, 7) is 4.61. The van der Waals surface area contributed by atoms with E-state index in [1.165, 1.54) is 30.7 Å². The molecule has 1 saturated heterocycles. The number of halogens is 1. The van der Waals surface area contributed by atoms with Gasteiger partial charge in [-0.05, 0) is 66.3 Å². The number of fused-ring (bicyclic) bond motifs is 1. The molecule has 0 amide bonds. The van der Waals surface area contributed by atoms with Gasteiger partial charge in [0.1, 0.15) is 11.5 Å². The molecule has 1 aromatic carbocycles. The van der Waals surface area contributed by atoms with E-state index in [1.807, 2.05) is 12.1 Å². The molecule has 0 radical (unpaired) electrons. The molecule has 2 unspecified atom stereocenters. The van der Waals surface area contributed by atoms with Crippen LogP contribution in [0.1, 0.15) is 25.5 Å². The zero-order chi connectivity index (χ0) is 19.1. The van der Waals surface area contributed by atoms with Gasteiger partial charge in [0.05, 0.1) is 5.69 Å². The summed E-state index contributed by atoms with van der Waals surface area (Å²) in [6, 6.07) is 11.1. The van der Waals surface area contributed by atoms with Gasteiger partial charge in [0.2, 0.25) is 0 Å². The topological polar surface area (TPSA) is 44.8 Å². The minimum absolute atomic E-state index is 0.240. The van der Waals surface area contributed by atoms with E-state index in [4.69, 9.17) is 0 Å². The van der Waals surface area contributed by atoms with Gasteiger partial charge >= 0.3 is 0 Å². The Bertz CT molecular complexity index is 1010. The third-order valence-corrected chi connectivity index (χ3v) is 5.90. The summed E-state index contributed by atoms with van der Waals surface area (Å²) in [5.74, 6) is 0.507. The maximum atomic E-state index is 13.4. The molecule has 2 aromatic heterocycles. The summed E-state index contributed by atoms with van der Waals surface area (Å²) in [4.78, 5) is 6.74. The fourth-order valence-electron chi connectivity index (χ4n) is 4.58. The summed E-state index contributed by atoms with van der Waals surface area (Å²) in [5, 5.41) is 7.94. The Morgan fingerprint density at radius 3 is 2.64 bits per heavy atom. The molecular formula is C23H23FN4. The van der Waals surface area contributed by atoms with Gasteiger partial charge in [-0.3, -0.25) is 15.0 Å².